The minimum absolute atomic E-state index is 0.118. The Bertz CT molecular complexity index is 527. The van der Waals surface area contributed by atoms with E-state index in [1.165, 1.54) is 7.11 Å². The number of hydrogen-bond donors (Lipinski definition) is 1. The summed E-state index contributed by atoms with van der Waals surface area (Å²) in [6.07, 6.45) is 7.62. The minimum atomic E-state index is -0.118. The number of guanidine groups is 1. The number of carbonyl (C=O) groups is 1. The third-order valence-electron chi connectivity index (χ3n) is 4.33. The van der Waals surface area contributed by atoms with Crippen LogP contribution in [0.3, 0.4) is 0 Å². The molecule has 0 spiro atoms. The van der Waals surface area contributed by atoms with Crippen molar-refractivity contribution in [3.8, 4) is 0 Å². The molecule has 25 heavy (non-hydrogen) atoms. The molecule has 140 valence electrons. The first-order chi connectivity index (χ1) is 12.2. The molecular formula is C17H29N5O2S. The van der Waals surface area contributed by atoms with Crippen molar-refractivity contribution >= 4 is 28.4 Å². The lowest BCUT2D eigenvalue weighted by atomic mass is 10.1. The van der Waals surface area contributed by atoms with Crippen molar-refractivity contribution in [3.05, 3.63) is 11.6 Å². The number of hydrogen-bond acceptors (Lipinski definition) is 6. The first-order valence-corrected chi connectivity index (χ1v) is 9.85. The van der Waals surface area contributed by atoms with E-state index in [9.17, 15) is 4.79 Å². The number of aromatic nitrogens is 1. The lowest BCUT2D eigenvalue weighted by Crippen LogP contribution is -2.51. The van der Waals surface area contributed by atoms with Crippen molar-refractivity contribution in [1.82, 2.24) is 9.88 Å². The van der Waals surface area contributed by atoms with Crippen LogP contribution in [0.15, 0.2) is 16.6 Å². The Labute approximate surface area is 153 Å². The third-order valence-corrected chi connectivity index (χ3v) is 5.17. The standard InChI is InChI=1S/C17H29N5O2S/c1-24-15(23)7-5-3-2-4-6-8-19-16(18)21-10-12-22(13-11-21)17-20-9-14-25-17/h9,14H,2-8,10-13H2,1H3,(H2,18,19). The number of nitrogens with zero attached hydrogens (tertiary/aromatic N) is 4. The number of piperazine rings is 1. The molecule has 1 aliphatic rings. The highest BCUT2D eigenvalue weighted by molar-refractivity contribution is 7.13. The number of anilines is 1. The van der Waals surface area contributed by atoms with E-state index in [0.717, 1.165) is 70.0 Å². The van der Waals surface area contributed by atoms with E-state index < -0.39 is 0 Å². The average molecular weight is 368 g/mol. The van der Waals surface area contributed by atoms with Gasteiger partial charge in [0, 0.05) is 50.7 Å². The summed E-state index contributed by atoms with van der Waals surface area (Å²) in [5, 5.41) is 3.09. The summed E-state index contributed by atoms with van der Waals surface area (Å²) in [5.41, 5.74) is 6.12. The van der Waals surface area contributed by atoms with Crippen LogP contribution < -0.4 is 10.6 Å². The number of unbranched alkanes of at least 4 members (excludes halogenated alkanes) is 4. The van der Waals surface area contributed by atoms with Crippen molar-refractivity contribution in [1.29, 1.82) is 0 Å². The lowest BCUT2D eigenvalue weighted by molar-refractivity contribution is -0.140. The van der Waals surface area contributed by atoms with E-state index in [4.69, 9.17) is 5.73 Å². The van der Waals surface area contributed by atoms with Crippen LogP contribution in [0.25, 0.3) is 0 Å². The van der Waals surface area contributed by atoms with Crippen molar-refractivity contribution in [3.63, 3.8) is 0 Å². The molecular weight excluding hydrogens is 338 g/mol. The second kappa shape index (κ2) is 10.9. The van der Waals surface area contributed by atoms with Gasteiger partial charge in [-0.05, 0) is 12.8 Å². The SMILES string of the molecule is COC(=O)CCCCCCCN=C(N)N1CCN(c2nccs2)CC1. The lowest BCUT2D eigenvalue weighted by Gasteiger charge is -2.35. The van der Waals surface area contributed by atoms with Crippen molar-refractivity contribution in [2.24, 2.45) is 10.7 Å². The zero-order valence-corrected chi connectivity index (χ0v) is 15.8. The zero-order valence-electron chi connectivity index (χ0n) is 15.0. The predicted octanol–water partition coefficient (Wildman–Crippen LogP) is 2.09. The molecule has 1 fully saturated rings. The van der Waals surface area contributed by atoms with Gasteiger partial charge in [-0.2, -0.15) is 0 Å². The molecule has 7 nitrogen and oxygen atoms in total. The molecule has 0 saturated carbocycles. The minimum Gasteiger partial charge on any atom is -0.469 e. The van der Waals surface area contributed by atoms with Gasteiger partial charge in [0.05, 0.1) is 7.11 Å². The molecule has 2 N–H and O–H groups in total. The van der Waals surface area contributed by atoms with E-state index in [2.05, 4.69) is 24.5 Å². The monoisotopic (exact) mass is 367 g/mol. The molecule has 0 unspecified atom stereocenters. The molecule has 2 rings (SSSR count). The molecule has 0 aliphatic carbocycles. The van der Waals surface area contributed by atoms with Crippen LogP contribution in [0.5, 0.6) is 0 Å². The van der Waals surface area contributed by atoms with Gasteiger partial charge in [0.25, 0.3) is 0 Å². The summed E-state index contributed by atoms with van der Waals surface area (Å²) in [6.45, 7) is 4.42. The Morgan fingerprint density at radius 2 is 1.96 bits per heavy atom. The number of carbonyl (C=O) groups excluding carboxylic acids is 1. The summed E-state index contributed by atoms with van der Waals surface area (Å²) < 4.78 is 4.63. The maximum absolute atomic E-state index is 11.0. The highest BCUT2D eigenvalue weighted by Gasteiger charge is 2.19. The number of nitrogens with two attached hydrogens (primary N) is 1. The molecule has 1 aliphatic heterocycles. The van der Waals surface area contributed by atoms with E-state index >= 15 is 0 Å². The summed E-state index contributed by atoms with van der Waals surface area (Å²) in [7, 11) is 1.43. The Kier molecular flexibility index (Phi) is 8.51. The van der Waals surface area contributed by atoms with Crippen molar-refractivity contribution in [2.75, 3.05) is 44.7 Å². The molecule has 1 saturated heterocycles. The van der Waals surface area contributed by atoms with Gasteiger partial charge in [-0.3, -0.25) is 9.79 Å². The molecule has 1 aromatic rings. The molecule has 0 atom stereocenters. The van der Waals surface area contributed by atoms with Gasteiger partial charge < -0.3 is 20.3 Å². The van der Waals surface area contributed by atoms with Crippen LogP contribution in [0.1, 0.15) is 38.5 Å². The number of methoxy groups -OCH3 is 1. The first-order valence-electron chi connectivity index (χ1n) is 8.97. The smallest absolute Gasteiger partial charge is 0.305 e. The Morgan fingerprint density at radius 3 is 2.64 bits per heavy atom. The number of ether oxygens (including phenoxy) is 1. The summed E-state index contributed by atoms with van der Waals surface area (Å²) in [5.74, 6) is 0.539. The molecule has 0 radical (unpaired) electrons. The summed E-state index contributed by atoms with van der Waals surface area (Å²) in [4.78, 5) is 24.3. The largest absolute Gasteiger partial charge is 0.469 e. The second-order valence-electron chi connectivity index (χ2n) is 6.12. The fourth-order valence-electron chi connectivity index (χ4n) is 2.81. The molecule has 1 aromatic heterocycles. The highest BCUT2D eigenvalue weighted by atomic mass is 32.1. The van der Waals surface area contributed by atoms with Crippen LogP contribution in [0, 0.1) is 0 Å². The number of aliphatic imine (C=N–C) groups is 1. The normalized spacial score (nSPS) is 15.5. The summed E-state index contributed by atoms with van der Waals surface area (Å²) >= 11 is 1.68. The van der Waals surface area contributed by atoms with E-state index in [-0.39, 0.29) is 5.97 Å². The maximum Gasteiger partial charge on any atom is 0.305 e. The fraction of sp³-hybridized carbons (Fsp3) is 0.706. The Morgan fingerprint density at radius 1 is 1.24 bits per heavy atom. The summed E-state index contributed by atoms with van der Waals surface area (Å²) in [6, 6.07) is 0. The fourth-order valence-corrected chi connectivity index (χ4v) is 3.50. The molecule has 2 heterocycles. The van der Waals surface area contributed by atoms with E-state index in [0.29, 0.717) is 12.4 Å². The van der Waals surface area contributed by atoms with Crippen molar-refractivity contribution < 1.29 is 9.53 Å². The van der Waals surface area contributed by atoms with Crippen LogP contribution in [0.4, 0.5) is 5.13 Å². The van der Waals surface area contributed by atoms with Gasteiger partial charge in [-0.1, -0.05) is 19.3 Å². The van der Waals surface area contributed by atoms with Gasteiger partial charge in [0.1, 0.15) is 0 Å². The molecule has 0 amide bonds. The quantitative estimate of drug-likeness (QED) is 0.311. The number of rotatable bonds is 9. The maximum atomic E-state index is 11.0. The third kappa shape index (κ3) is 6.89. The molecule has 0 bridgehead atoms. The zero-order chi connectivity index (χ0) is 17.9. The van der Waals surface area contributed by atoms with Gasteiger partial charge in [0.15, 0.2) is 11.1 Å². The van der Waals surface area contributed by atoms with Gasteiger partial charge in [0.2, 0.25) is 0 Å². The van der Waals surface area contributed by atoms with E-state index in [1.807, 2.05) is 11.6 Å². The van der Waals surface area contributed by atoms with Crippen molar-refractivity contribution in [2.45, 2.75) is 38.5 Å². The van der Waals surface area contributed by atoms with Crippen LogP contribution in [0.2, 0.25) is 0 Å². The van der Waals surface area contributed by atoms with Gasteiger partial charge in [-0.25, -0.2) is 4.98 Å². The molecule has 8 heteroatoms. The highest BCUT2D eigenvalue weighted by Crippen LogP contribution is 2.18. The van der Waals surface area contributed by atoms with Crippen LogP contribution in [-0.2, 0) is 9.53 Å². The van der Waals surface area contributed by atoms with Gasteiger partial charge in [-0.15, -0.1) is 11.3 Å². The topological polar surface area (TPSA) is 84.0 Å². The van der Waals surface area contributed by atoms with Crippen LogP contribution >= 0.6 is 11.3 Å². The Hall–Kier alpha value is -1.83. The Balaban J connectivity index is 1.54. The second-order valence-corrected chi connectivity index (χ2v) is 7.00. The number of thiazole rings is 1. The van der Waals surface area contributed by atoms with E-state index in [1.54, 1.807) is 11.3 Å². The number of esters is 1. The van der Waals surface area contributed by atoms with Gasteiger partial charge >= 0.3 is 5.97 Å². The average Bonchev–Trinajstić information content (AvgIpc) is 3.18. The molecule has 0 aromatic carbocycles. The van der Waals surface area contributed by atoms with Crippen LogP contribution in [-0.4, -0.2) is 61.6 Å². The first kappa shape index (κ1) is 19.5. The predicted molar refractivity (Wildman–Crippen MR) is 102 cm³/mol.